The first-order valence-corrected chi connectivity index (χ1v) is 8.52. The van der Waals surface area contributed by atoms with E-state index in [2.05, 4.69) is 20.2 Å². The minimum atomic E-state index is -0.218. The van der Waals surface area contributed by atoms with Gasteiger partial charge in [-0.15, -0.1) is 0 Å². The van der Waals surface area contributed by atoms with Crippen molar-refractivity contribution in [3.05, 3.63) is 67.0 Å². The first-order chi connectivity index (χ1) is 12.8. The molecule has 0 radical (unpaired) electrons. The van der Waals surface area contributed by atoms with Crippen LogP contribution in [0.15, 0.2) is 67.0 Å². The average molecular weight is 350 g/mol. The van der Waals surface area contributed by atoms with Gasteiger partial charge in [0.1, 0.15) is 11.6 Å². The lowest BCUT2D eigenvalue weighted by Crippen LogP contribution is -2.30. The van der Waals surface area contributed by atoms with Crippen molar-refractivity contribution in [3.8, 4) is 17.1 Å². The van der Waals surface area contributed by atoms with Gasteiger partial charge in [0.05, 0.1) is 7.11 Å². The average Bonchev–Trinajstić information content (AvgIpc) is 3.15. The van der Waals surface area contributed by atoms with E-state index in [1.165, 1.54) is 0 Å². The lowest BCUT2D eigenvalue weighted by molar-refractivity contribution is 0.252. The van der Waals surface area contributed by atoms with E-state index in [-0.39, 0.29) is 6.03 Å². The van der Waals surface area contributed by atoms with E-state index in [1.54, 1.807) is 37.6 Å². The van der Waals surface area contributed by atoms with Crippen LogP contribution < -0.4 is 15.4 Å². The number of amides is 2. The Morgan fingerprint density at radius 1 is 1.12 bits per heavy atom. The number of benzene rings is 2. The molecule has 6 nitrogen and oxygen atoms in total. The fraction of sp³-hybridized carbons (Fsp3) is 0.200. The van der Waals surface area contributed by atoms with Crippen LogP contribution in [0.4, 0.5) is 10.5 Å². The summed E-state index contributed by atoms with van der Waals surface area (Å²) in [6, 6.07) is 17.1. The second-order valence-electron chi connectivity index (χ2n) is 5.77. The zero-order chi connectivity index (χ0) is 18.2. The van der Waals surface area contributed by atoms with Gasteiger partial charge in [0.25, 0.3) is 0 Å². The van der Waals surface area contributed by atoms with Gasteiger partial charge in [-0.25, -0.2) is 9.78 Å². The molecule has 0 aliphatic heterocycles. The molecule has 2 aromatic carbocycles. The van der Waals surface area contributed by atoms with Crippen LogP contribution in [0.2, 0.25) is 0 Å². The van der Waals surface area contributed by atoms with E-state index >= 15 is 0 Å². The number of carbonyl (C=O) groups excluding carboxylic acids is 1. The molecule has 1 heterocycles. The van der Waals surface area contributed by atoms with Gasteiger partial charge in [-0.3, -0.25) is 0 Å². The van der Waals surface area contributed by atoms with Crippen LogP contribution in [0, 0.1) is 0 Å². The summed E-state index contributed by atoms with van der Waals surface area (Å²) in [7, 11) is 1.61. The molecule has 0 atom stereocenters. The van der Waals surface area contributed by atoms with Crippen molar-refractivity contribution in [2.24, 2.45) is 0 Å². The van der Waals surface area contributed by atoms with Crippen molar-refractivity contribution >= 4 is 11.7 Å². The van der Waals surface area contributed by atoms with Crippen molar-refractivity contribution < 1.29 is 9.53 Å². The maximum atomic E-state index is 11.9. The van der Waals surface area contributed by atoms with Crippen LogP contribution in [0.5, 0.6) is 5.75 Å². The normalized spacial score (nSPS) is 10.3. The van der Waals surface area contributed by atoms with Crippen LogP contribution in [0.1, 0.15) is 6.42 Å². The Labute approximate surface area is 152 Å². The third kappa shape index (κ3) is 4.63. The lowest BCUT2D eigenvalue weighted by Gasteiger charge is -2.10. The quantitative estimate of drug-likeness (QED) is 0.637. The Hall–Kier alpha value is -3.28. The molecule has 3 rings (SSSR count). The molecule has 0 saturated heterocycles. The van der Waals surface area contributed by atoms with Crippen molar-refractivity contribution in [1.29, 1.82) is 0 Å². The lowest BCUT2D eigenvalue weighted by atomic mass is 10.2. The molecule has 0 unspecified atom stereocenters. The number of aryl methyl sites for hydroxylation is 1. The molecule has 0 fully saturated rings. The van der Waals surface area contributed by atoms with E-state index in [1.807, 2.05) is 36.5 Å². The maximum absolute atomic E-state index is 11.9. The van der Waals surface area contributed by atoms with Crippen molar-refractivity contribution in [1.82, 2.24) is 14.9 Å². The van der Waals surface area contributed by atoms with Gasteiger partial charge in [-0.2, -0.15) is 0 Å². The Morgan fingerprint density at radius 2 is 1.88 bits per heavy atom. The van der Waals surface area contributed by atoms with Crippen LogP contribution in [-0.2, 0) is 6.54 Å². The molecular weight excluding hydrogens is 328 g/mol. The molecular formula is C20H22N4O2. The Kier molecular flexibility index (Phi) is 5.88. The number of rotatable bonds is 7. The van der Waals surface area contributed by atoms with Crippen LogP contribution >= 0.6 is 0 Å². The van der Waals surface area contributed by atoms with Crippen molar-refractivity contribution in [2.45, 2.75) is 13.0 Å². The van der Waals surface area contributed by atoms with E-state index in [9.17, 15) is 4.79 Å². The standard InChI is InChI=1S/C20H22N4O2/c1-26-18-10-8-17(9-11-18)23-20(25)22-12-5-14-24-15-13-21-19(24)16-6-3-2-4-7-16/h2-4,6-11,13,15H,5,12,14H2,1H3,(H2,22,23,25). The monoisotopic (exact) mass is 350 g/mol. The summed E-state index contributed by atoms with van der Waals surface area (Å²) >= 11 is 0. The number of aromatic nitrogens is 2. The third-order valence-electron chi connectivity index (χ3n) is 3.96. The smallest absolute Gasteiger partial charge is 0.319 e. The number of nitrogens with one attached hydrogen (secondary N) is 2. The molecule has 26 heavy (non-hydrogen) atoms. The fourth-order valence-corrected chi connectivity index (χ4v) is 2.64. The highest BCUT2D eigenvalue weighted by Gasteiger charge is 2.06. The first-order valence-electron chi connectivity index (χ1n) is 8.52. The van der Waals surface area contributed by atoms with Gasteiger partial charge in [0.15, 0.2) is 0 Å². The van der Waals surface area contributed by atoms with Crippen LogP contribution in [0.25, 0.3) is 11.4 Å². The molecule has 134 valence electrons. The number of carbonyl (C=O) groups is 1. The van der Waals surface area contributed by atoms with Crippen LogP contribution in [-0.4, -0.2) is 29.2 Å². The number of ether oxygens (including phenoxy) is 1. The molecule has 0 bridgehead atoms. The number of urea groups is 1. The summed E-state index contributed by atoms with van der Waals surface area (Å²) in [4.78, 5) is 16.4. The SMILES string of the molecule is COc1ccc(NC(=O)NCCCn2ccnc2-c2ccccc2)cc1. The number of anilines is 1. The zero-order valence-electron chi connectivity index (χ0n) is 14.7. The molecule has 0 spiro atoms. The van der Waals surface area contributed by atoms with Gasteiger partial charge in [-0.05, 0) is 30.7 Å². The second kappa shape index (κ2) is 8.71. The van der Waals surface area contributed by atoms with Gasteiger partial charge in [0.2, 0.25) is 0 Å². The molecule has 0 aliphatic carbocycles. The van der Waals surface area contributed by atoms with Gasteiger partial charge in [-0.1, -0.05) is 30.3 Å². The van der Waals surface area contributed by atoms with E-state index < -0.39 is 0 Å². The summed E-state index contributed by atoms with van der Waals surface area (Å²) < 4.78 is 7.19. The molecule has 0 saturated carbocycles. The molecule has 1 aromatic heterocycles. The molecule has 2 amide bonds. The number of hydrogen-bond donors (Lipinski definition) is 2. The summed E-state index contributed by atoms with van der Waals surface area (Å²) in [6.45, 7) is 1.36. The third-order valence-corrected chi connectivity index (χ3v) is 3.96. The highest BCUT2D eigenvalue weighted by molar-refractivity contribution is 5.89. The number of nitrogens with zero attached hydrogens (tertiary/aromatic N) is 2. The fourth-order valence-electron chi connectivity index (χ4n) is 2.64. The summed E-state index contributed by atoms with van der Waals surface area (Å²) in [6.07, 6.45) is 4.57. The molecule has 3 aromatic rings. The van der Waals surface area contributed by atoms with Crippen molar-refractivity contribution in [2.75, 3.05) is 19.0 Å². The first kappa shape index (κ1) is 17.5. The summed E-state index contributed by atoms with van der Waals surface area (Å²) in [5.74, 6) is 1.69. The van der Waals surface area contributed by atoms with Crippen LogP contribution in [0.3, 0.4) is 0 Å². The number of hydrogen-bond acceptors (Lipinski definition) is 3. The predicted molar refractivity (Wildman–Crippen MR) is 102 cm³/mol. The van der Waals surface area contributed by atoms with E-state index in [0.29, 0.717) is 6.54 Å². The van der Waals surface area contributed by atoms with E-state index in [0.717, 1.165) is 35.8 Å². The highest BCUT2D eigenvalue weighted by Crippen LogP contribution is 2.17. The Bertz CT molecular complexity index is 829. The number of methoxy groups -OCH3 is 1. The molecule has 0 aliphatic rings. The second-order valence-corrected chi connectivity index (χ2v) is 5.77. The molecule has 2 N–H and O–H groups in total. The largest absolute Gasteiger partial charge is 0.497 e. The summed E-state index contributed by atoms with van der Waals surface area (Å²) in [5.41, 5.74) is 1.81. The topological polar surface area (TPSA) is 68.2 Å². The van der Waals surface area contributed by atoms with Gasteiger partial charge >= 0.3 is 6.03 Å². The zero-order valence-corrected chi connectivity index (χ0v) is 14.7. The van der Waals surface area contributed by atoms with E-state index in [4.69, 9.17) is 4.74 Å². The number of imidazole rings is 1. The van der Waals surface area contributed by atoms with Gasteiger partial charge < -0.3 is 19.9 Å². The Balaban J connectivity index is 1.44. The molecule has 6 heteroatoms. The predicted octanol–water partition coefficient (Wildman–Crippen LogP) is 3.77. The summed E-state index contributed by atoms with van der Waals surface area (Å²) in [5, 5.41) is 5.67. The maximum Gasteiger partial charge on any atom is 0.319 e. The van der Waals surface area contributed by atoms with Crippen molar-refractivity contribution in [3.63, 3.8) is 0 Å². The Morgan fingerprint density at radius 3 is 2.62 bits per heavy atom. The van der Waals surface area contributed by atoms with Gasteiger partial charge in [0, 0.05) is 36.7 Å². The minimum absolute atomic E-state index is 0.218. The highest BCUT2D eigenvalue weighted by atomic mass is 16.5. The minimum Gasteiger partial charge on any atom is -0.497 e.